The van der Waals surface area contributed by atoms with Gasteiger partial charge in [0, 0.05) is 31.0 Å². The van der Waals surface area contributed by atoms with Gasteiger partial charge in [-0.05, 0) is 30.5 Å². The zero-order valence-corrected chi connectivity index (χ0v) is 10.5. The monoisotopic (exact) mass is 245 g/mol. The van der Waals surface area contributed by atoms with E-state index in [1.807, 2.05) is 24.5 Å². The Balaban J connectivity index is 1.74. The quantitative estimate of drug-likeness (QED) is 0.855. The molecule has 1 saturated carbocycles. The van der Waals surface area contributed by atoms with Crippen LogP contribution in [0.5, 0.6) is 0 Å². The fourth-order valence-electron chi connectivity index (χ4n) is 3.17. The molecule has 1 aromatic rings. The molecule has 0 aromatic carbocycles. The molecule has 4 nitrogen and oxygen atoms in total. The number of hydrogen-bond donors (Lipinski definition) is 1. The maximum absolute atomic E-state index is 11.8. The van der Waals surface area contributed by atoms with E-state index in [9.17, 15) is 4.79 Å². The molecule has 0 spiro atoms. The summed E-state index contributed by atoms with van der Waals surface area (Å²) in [6.45, 7) is 1.39. The summed E-state index contributed by atoms with van der Waals surface area (Å²) in [4.78, 5) is 18.1. The second kappa shape index (κ2) is 5.06. The Morgan fingerprint density at radius 2 is 2.06 bits per heavy atom. The minimum absolute atomic E-state index is 0.173. The minimum atomic E-state index is 0.173. The van der Waals surface area contributed by atoms with Crippen molar-refractivity contribution in [2.24, 2.45) is 0 Å². The van der Waals surface area contributed by atoms with E-state index in [-0.39, 0.29) is 5.91 Å². The van der Waals surface area contributed by atoms with Crippen LogP contribution in [0.2, 0.25) is 0 Å². The molecule has 1 aliphatic heterocycles. The third kappa shape index (κ3) is 2.38. The highest BCUT2D eigenvalue weighted by molar-refractivity contribution is 5.79. The van der Waals surface area contributed by atoms with Crippen molar-refractivity contribution in [1.82, 2.24) is 15.2 Å². The molecule has 0 radical (unpaired) electrons. The zero-order valence-electron chi connectivity index (χ0n) is 10.5. The fourth-order valence-corrected chi connectivity index (χ4v) is 3.17. The third-order valence-corrected chi connectivity index (χ3v) is 4.03. The van der Waals surface area contributed by atoms with E-state index in [0.717, 1.165) is 13.0 Å². The average Bonchev–Trinajstić information content (AvgIpc) is 2.40. The first kappa shape index (κ1) is 11.7. The molecule has 1 amide bonds. The first-order valence-corrected chi connectivity index (χ1v) is 6.75. The van der Waals surface area contributed by atoms with Crippen LogP contribution in [-0.2, 0) is 11.3 Å². The van der Waals surface area contributed by atoms with Crippen LogP contribution in [0.1, 0.15) is 31.2 Å². The highest BCUT2D eigenvalue weighted by Gasteiger charge is 2.35. The molecule has 4 heteroatoms. The van der Waals surface area contributed by atoms with E-state index in [4.69, 9.17) is 0 Å². The van der Waals surface area contributed by atoms with Gasteiger partial charge in [-0.15, -0.1) is 0 Å². The molecule has 18 heavy (non-hydrogen) atoms. The smallest absolute Gasteiger partial charge is 0.234 e. The van der Waals surface area contributed by atoms with Crippen LogP contribution in [-0.4, -0.2) is 34.4 Å². The molecule has 3 rings (SSSR count). The molecule has 2 fully saturated rings. The number of nitrogens with one attached hydrogen (secondary N) is 1. The van der Waals surface area contributed by atoms with Gasteiger partial charge in [0.1, 0.15) is 0 Å². The summed E-state index contributed by atoms with van der Waals surface area (Å²) < 4.78 is 0. The summed E-state index contributed by atoms with van der Waals surface area (Å²) in [5, 5.41) is 3.14. The molecule has 1 aliphatic carbocycles. The van der Waals surface area contributed by atoms with Crippen molar-refractivity contribution in [3.05, 3.63) is 30.1 Å². The zero-order chi connectivity index (χ0) is 12.4. The van der Waals surface area contributed by atoms with Crippen LogP contribution in [0.25, 0.3) is 0 Å². The Morgan fingerprint density at radius 3 is 2.89 bits per heavy atom. The number of fused-ring (bicyclic) bond motifs is 1. The first-order valence-electron chi connectivity index (χ1n) is 6.75. The van der Waals surface area contributed by atoms with Gasteiger partial charge >= 0.3 is 0 Å². The van der Waals surface area contributed by atoms with E-state index in [1.165, 1.54) is 24.8 Å². The van der Waals surface area contributed by atoms with Gasteiger partial charge in [0.2, 0.25) is 5.91 Å². The molecule has 2 heterocycles. The number of carbonyl (C=O) groups excluding carboxylic acids is 1. The topological polar surface area (TPSA) is 45.2 Å². The lowest BCUT2D eigenvalue weighted by Crippen LogP contribution is -2.61. The van der Waals surface area contributed by atoms with Gasteiger partial charge in [-0.3, -0.25) is 14.7 Å². The maximum atomic E-state index is 11.8. The van der Waals surface area contributed by atoms with Crippen LogP contribution in [0, 0.1) is 0 Å². The number of hydrogen-bond acceptors (Lipinski definition) is 3. The van der Waals surface area contributed by atoms with Crippen LogP contribution in [0.15, 0.2) is 24.5 Å². The molecule has 96 valence electrons. The molecular formula is C14H19N3O. The Morgan fingerprint density at radius 1 is 1.28 bits per heavy atom. The molecule has 0 unspecified atom stereocenters. The van der Waals surface area contributed by atoms with Crippen molar-refractivity contribution in [2.45, 2.75) is 44.3 Å². The van der Waals surface area contributed by atoms with Crippen molar-refractivity contribution < 1.29 is 4.79 Å². The van der Waals surface area contributed by atoms with Crippen molar-refractivity contribution >= 4 is 5.91 Å². The summed E-state index contributed by atoms with van der Waals surface area (Å²) in [6, 6.07) is 4.95. The maximum Gasteiger partial charge on any atom is 0.234 e. The van der Waals surface area contributed by atoms with Crippen LogP contribution in [0.4, 0.5) is 0 Å². The van der Waals surface area contributed by atoms with E-state index >= 15 is 0 Å². The van der Waals surface area contributed by atoms with E-state index in [0.29, 0.717) is 18.6 Å². The van der Waals surface area contributed by atoms with Crippen molar-refractivity contribution in [1.29, 1.82) is 0 Å². The van der Waals surface area contributed by atoms with Gasteiger partial charge < -0.3 is 5.32 Å². The van der Waals surface area contributed by atoms with Crippen LogP contribution >= 0.6 is 0 Å². The summed E-state index contributed by atoms with van der Waals surface area (Å²) in [5.41, 5.74) is 1.24. The molecule has 2 atom stereocenters. The van der Waals surface area contributed by atoms with Gasteiger partial charge in [-0.25, -0.2) is 0 Å². The fraction of sp³-hybridized carbons (Fsp3) is 0.571. The summed E-state index contributed by atoms with van der Waals surface area (Å²) in [7, 11) is 0. The van der Waals surface area contributed by atoms with Gasteiger partial charge in [0.25, 0.3) is 0 Å². The molecule has 1 N–H and O–H groups in total. The largest absolute Gasteiger partial charge is 0.351 e. The highest BCUT2D eigenvalue weighted by Crippen LogP contribution is 2.26. The predicted octanol–water partition coefficient (Wildman–Crippen LogP) is 1.32. The first-order chi connectivity index (χ1) is 8.83. The van der Waals surface area contributed by atoms with E-state index in [1.54, 1.807) is 0 Å². The number of amides is 1. The van der Waals surface area contributed by atoms with Gasteiger partial charge in [-0.1, -0.05) is 12.8 Å². The van der Waals surface area contributed by atoms with E-state index in [2.05, 4.69) is 15.2 Å². The van der Waals surface area contributed by atoms with Crippen LogP contribution < -0.4 is 5.32 Å². The van der Waals surface area contributed by atoms with Crippen molar-refractivity contribution in [2.75, 3.05) is 6.54 Å². The number of pyridine rings is 1. The number of nitrogens with zero attached hydrogens (tertiary/aromatic N) is 2. The summed E-state index contributed by atoms with van der Waals surface area (Å²) in [6.07, 6.45) is 8.49. The Bertz CT molecular complexity index is 420. The summed E-state index contributed by atoms with van der Waals surface area (Å²) in [5.74, 6) is 0.173. The Labute approximate surface area is 107 Å². The van der Waals surface area contributed by atoms with Crippen molar-refractivity contribution in [3.63, 3.8) is 0 Å². The molecular weight excluding hydrogens is 226 g/mol. The molecule has 1 aromatic heterocycles. The minimum Gasteiger partial charge on any atom is -0.351 e. The van der Waals surface area contributed by atoms with E-state index < -0.39 is 0 Å². The number of carbonyl (C=O) groups is 1. The van der Waals surface area contributed by atoms with Gasteiger partial charge in [0.15, 0.2) is 0 Å². The normalized spacial score (nSPS) is 28.6. The Kier molecular flexibility index (Phi) is 3.28. The molecule has 0 bridgehead atoms. The second-order valence-electron chi connectivity index (χ2n) is 5.29. The predicted molar refractivity (Wildman–Crippen MR) is 68.8 cm³/mol. The number of piperazine rings is 1. The number of aromatic nitrogens is 1. The van der Waals surface area contributed by atoms with Gasteiger partial charge in [-0.2, -0.15) is 0 Å². The lowest BCUT2D eigenvalue weighted by Gasteiger charge is -2.44. The third-order valence-electron chi connectivity index (χ3n) is 4.03. The lowest BCUT2D eigenvalue weighted by molar-refractivity contribution is -0.128. The standard InChI is InChI=1S/C14H19N3O/c18-14-10-17(9-11-5-7-15-8-6-11)13-4-2-1-3-12(13)16-14/h5-8,12-13H,1-4,9-10H2,(H,16,18)/t12-,13-/m0/s1. The highest BCUT2D eigenvalue weighted by atomic mass is 16.2. The van der Waals surface area contributed by atoms with Crippen molar-refractivity contribution in [3.8, 4) is 0 Å². The number of rotatable bonds is 2. The average molecular weight is 245 g/mol. The molecule has 2 aliphatic rings. The second-order valence-corrected chi connectivity index (χ2v) is 5.29. The van der Waals surface area contributed by atoms with Crippen LogP contribution in [0.3, 0.4) is 0 Å². The van der Waals surface area contributed by atoms with Gasteiger partial charge in [0.05, 0.1) is 6.54 Å². The SMILES string of the molecule is O=C1CN(Cc2ccncc2)[C@H]2CCCC[C@@H]2N1. The lowest BCUT2D eigenvalue weighted by atomic mass is 9.87. The Hall–Kier alpha value is -1.42. The molecule has 1 saturated heterocycles. The summed E-state index contributed by atoms with van der Waals surface area (Å²) >= 11 is 0.